The summed E-state index contributed by atoms with van der Waals surface area (Å²) in [5.74, 6) is 1.01. The number of nitrogens with zero attached hydrogens (tertiary/aromatic N) is 2. The van der Waals surface area contributed by atoms with E-state index in [4.69, 9.17) is 11.6 Å². The molecule has 106 valence electrons. The monoisotopic (exact) mass is 301 g/mol. The summed E-state index contributed by atoms with van der Waals surface area (Å²) in [4.78, 5) is 8.20. The molecule has 3 nitrogen and oxygen atoms in total. The Bertz CT molecular complexity index is 597. The van der Waals surface area contributed by atoms with Gasteiger partial charge in [0, 0.05) is 18.2 Å². The van der Waals surface area contributed by atoms with Gasteiger partial charge in [-0.1, -0.05) is 18.5 Å². The van der Waals surface area contributed by atoms with Crippen LogP contribution in [0.15, 0.2) is 30.3 Å². The van der Waals surface area contributed by atoms with Gasteiger partial charge in [0.15, 0.2) is 0 Å². The maximum atomic E-state index is 12.4. The fourth-order valence-corrected chi connectivity index (χ4v) is 1.78. The molecule has 7 heteroatoms. The Kier molecular flexibility index (Phi) is 4.13. The van der Waals surface area contributed by atoms with Gasteiger partial charge in [-0.25, -0.2) is 9.97 Å². The third-order valence-corrected chi connectivity index (χ3v) is 2.74. The van der Waals surface area contributed by atoms with Crippen LogP contribution in [0.2, 0.25) is 5.15 Å². The summed E-state index contributed by atoms with van der Waals surface area (Å²) in [7, 11) is 0. The fourth-order valence-electron chi connectivity index (χ4n) is 1.58. The minimum absolute atomic E-state index is 0.284. The van der Waals surface area contributed by atoms with Crippen molar-refractivity contribution in [3.63, 3.8) is 0 Å². The molecular formula is C13H11ClF3N3. The number of alkyl halides is 3. The van der Waals surface area contributed by atoms with E-state index >= 15 is 0 Å². The predicted octanol–water partition coefficient (Wildman–Crippen LogP) is 4.45. The standard InChI is InChI=1S/C13H11ClF3N3/c1-2-11-19-10(14)7-12(20-11)18-9-5-3-8(4-6-9)13(15,16)17/h3-7H,2H2,1H3,(H,18,19,20). The lowest BCUT2D eigenvalue weighted by Gasteiger charge is -2.09. The van der Waals surface area contributed by atoms with Gasteiger partial charge in [0.2, 0.25) is 0 Å². The van der Waals surface area contributed by atoms with Crippen molar-refractivity contribution in [3.8, 4) is 0 Å². The number of nitrogens with one attached hydrogen (secondary N) is 1. The molecule has 20 heavy (non-hydrogen) atoms. The topological polar surface area (TPSA) is 37.8 Å². The van der Waals surface area contributed by atoms with E-state index in [2.05, 4.69) is 15.3 Å². The van der Waals surface area contributed by atoms with Gasteiger partial charge in [-0.2, -0.15) is 13.2 Å². The van der Waals surface area contributed by atoms with Crippen molar-refractivity contribution in [2.45, 2.75) is 19.5 Å². The SMILES string of the molecule is CCc1nc(Cl)cc(Nc2ccc(C(F)(F)F)cc2)n1. The first-order valence-electron chi connectivity index (χ1n) is 5.86. The van der Waals surface area contributed by atoms with Gasteiger partial charge in [0.1, 0.15) is 16.8 Å². The van der Waals surface area contributed by atoms with E-state index in [1.165, 1.54) is 18.2 Å². The highest BCUT2D eigenvalue weighted by atomic mass is 35.5. The van der Waals surface area contributed by atoms with E-state index in [1.54, 1.807) is 0 Å². The summed E-state index contributed by atoms with van der Waals surface area (Å²) in [6, 6.07) is 6.20. The lowest BCUT2D eigenvalue weighted by atomic mass is 10.2. The van der Waals surface area contributed by atoms with Gasteiger partial charge >= 0.3 is 6.18 Å². The number of rotatable bonds is 3. The van der Waals surface area contributed by atoms with Crippen LogP contribution in [0, 0.1) is 0 Å². The molecule has 0 saturated carbocycles. The lowest BCUT2D eigenvalue weighted by molar-refractivity contribution is -0.137. The summed E-state index contributed by atoms with van der Waals surface area (Å²) >= 11 is 5.84. The van der Waals surface area contributed by atoms with Gasteiger partial charge in [0.25, 0.3) is 0 Å². The second kappa shape index (κ2) is 5.66. The van der Waals surface area contributed by atoms with Crippen LogP contribution in [-0.4, -0.2) is 9.97 Å². The van der Waals surface area contributed by atoms with E-state index in [0.717, 1.165) is 12.1 Å². The first-order valence-corrected chi connectivity index (χ1v) is 6.24. The normalized spacial score (nSPS) is 11.4. The quantitative estimate of drug-likeness (QED) is 0.851. The van der Waals surface area contributed by atoms with E-state index in [0.29, 0.717) is 23.8 Å². The molecule has 0 bridgehead atoms. The van der Waals surface area contributed by atoms with Crippen molar-refractivity contribution in [2.75, 3.05) is 5.32 Å². The number of aryl methyl sites for hydroxylation is 1. The molecule has 1 heterocycles. The molecule has 0 aliphatic rings. The largest absolute Gasteiger partial charge is 0.416 e. The van der Waals surface area contributed by atoms with Crippen LogP contribution in [0.4, 0.5) is 24.7 Å². The molecule has 1 aromatic heterocycles. The number of hydrogen-bond donors (Lipinski definition) is 1. The molecule has 0 aliphatic carbocycles. The number of halogens is 4. The molecule has 0 amide bonds. The Hall–Kier alpha value is -1.82. The number of benzene rings is 1. The van der Waals surface area contributed by atoms with Crippen LogP contribution in [0.3, 0.4) is 0 Å². The zero-order valence-electron chi connectivity index (χ0n) is 10.5. The fraction of sp³-hybridized carbons (Fsp3) is 0.231. The summed E-state index contributed by atoms with van der Waals surface area (Å²) in [6.07, 6.45) is -3.73. The molecule has 0 radical (unpaired) electrons. The van der Waals surface area contributed by atoms with Crippen LogP contribution in [0.25, 0.3) is 0 Å². The Morgan fingerprint density at radius 2 is 1.80 bits per heavy atom. The summed E-state index contributed by atoms with van der Waals surface area (Å²) in [5.41, 5.74) is -0.201. The molecule has 0 saturated heterocycles. The summed E-state index contributed by atoms with van der Waals surface area (Å²) in [5, 5.41) is 3.18. The summed E-state index contributed by atoms with van der Waals surface area (Å²) < 4.78 is 37.3. The van der Waals surface area contributed by atoms with E-state index in [9.17, 15) is 13.2 Å². The minimum Gasteiger partial charge on any atom is -0.340 e. The zero-order chi connectivity index (χ0) is 14.8. The highest BCUT2D eigenvalue weighted by molar-refractivity contribution is 6.29. The average Bonchev–Trinajstić information content (AvgIpc) is 2.37. The van der Waals surface area contributed by atoms with Gasteiger partial charge in [0.05, 0.1) is 5.56 Å². The van der Waals surface area contributed by atoms with Crippen molar-refractivity contribution in [1.29, 1.82) is 0 Å². The average molecular weight is 302 g/mol. The van der Waals surface area contributed by atoms with Crippen molar-refractivity contribution in [2.24, 2.45) is 0 Å². The highest BCUT2D eigenvalue weighted by Crippen LogP contribution is 2.30. The maximum Gasteiger partial charge on any atom is 0.416 e. The van der Waals surface area contributed by atoms with Crippen molar-refractivity contribution < 1.29 is 13.2 Å². The van der Waals surface area contributed by atoms with Crippen LogP contribution >= 0.6 is 11.6 Å². The lowest BCUT2D eigenvalue weighted by Crippen LogP contribution is -2.05. The number of anilines is 2. The van der Waals surface area contributed by atoms with E-state index < -0.39 is 11.7 Å². The molecule has 0 spiro atoms. The van der Waals surface area contributed by atoms with Crippen molar-refractivity contribution >= 4 is 23.1 Å². The number of hydrogen-bond acceptors (Lipinski definition) is 3. The van der Waals surface area contributed by atoms with Crippen molar-refractivity contribution in [3.05, 3.63) is 46.9 Å². The molecule has 0 aliphatic heterocycles. The van der Waals surface area contributed by atoms with Crippen LogP contribution in [0.5, 0.6) is 0 Å². The third-order valence-electron chi connectivity index (χ3n) is 2.54. The second-order valence-electron chi connectivity index (χ2n) is 4.05. The van der Waals surface area contributed by atoms with Gasteiger partial charge in [-0.3, -0.25) is 0 Å². The number of aromatic nitrogens is 2. The highest BCUT2D eigenvalue weighted by Gasteiger charge is 2.29. The van der Waals surface area contributed by atoms with Crippen LogP contribution in [-0.2, 0) is 12.6 Å². The van der Waals surface area contributed by atoms with E-state index in [-0.39, 0.29) is 5.15 Å². The molecule has 1 N–H and O–H groups in total. The molecule has 0 fully saturated rings. The molecular weight excluding hydrogens is 291 g/mol. The Balaban J connectivity index is 2.20. The summed E-state index contributed by atoms with van der Waals surface area (Å²) in [6.45, 7) is 1.88. The van der Waals surface area contributed by atoms with Crippen LogP contribution < -0.4 is 5.32 Å². The predicted molar refractivity (Wildman–Crippen MR) is 71.1 cm³/mol. The molecule has 0 atom stereocenters. The van der Waals surface area contributed by atoms with Crippen LogP contribution in [0.1, 0.15) is 18.3 Å². The Morgan fingerprint density at radius 1 is 1.15 bits per heavy atom. The van der Waals surface area contributed by atoms with E-state index in [1.807, 2.05) is 6.92 Å². The molecule has 2 aromatic rings. The third kappa shape index (κ3) is 3.60. The second-order valence-corrected chi connectivity index (χ2v) is 4.43. The van der Waals surface area contributed by atoms with Gasteiger partial charge in [-0.05, 0) is 24.3 Å². The minimum atomic E-state index is -4.34. The van der Waals surface area contributed by atoms with Crippen molar-refractivity contribution in [1.82, 2.24) is 9.97 Å². The smallest absolute Gasteiger partial charge is 0.340 e. The Morgan fingerprint density at radius 3 is 2.35 bits per heavy atom. The molecule has 0 unspecified atom stereocenters. The first-order chi connectivity index (χ1) is 9.38. The zero-order valence-corrected chi connectivity index (χ0v) is 11.3. The Labute approximate surface area is 118 Å². The van der Waals surface area contributed by atoms with Gasteiger partial charge < -0.3 is 5.32 Å². The van der Waals surface area contributed by atoms with Gasteiger partial charge in [-0.15, -0.1) is 0 Å². The first kappa shape index (κ1) is 14.6. The maximum absolute atomic E-state index is 12.4. The molecule has 1 aromatic carbocycles. The molecule has 2 rings (SSSR count).